The Hall–Kier alpha value is -1.83. The van der Waals surface area contributed by atoms with Gasteiger partial charge in [0.05, 0.1) is 0 Å². The molecule has 0 rings (SSSR count). The maximum atomic E-state index is 11.7. The molecule has 0 fully saturated rings. The first-order chi connectivity index (χ1) is 9.03. The van der Waals surface area contributed by atoms with Gasteiger partial charge in [0.2, 0.25) is 5.91 Å². The Kier molecular flexibility index (Phi) is 6.98. The summed E-state index contributed by atoms with van der Waals surface area (Å²) in [5.41, 5.74) is -0.394. The summed E-state index contributed by atoms with van der Waals surface area (Å²) in [5, 5.41) is 24.9. The number of hydrogen-bond acceptors (Lipinski definition) is 4. The normalized spacial score (nSPS) is 14.1. The topological polar surface area (TPSA) is 128 Å². The van der Waals surface area contributed by atoms with Crippen molar-refractivity contribution >= 4 is 17.9 Å². The highest BCUT2D eigenvalue weighted by atomic mass is 16.4. The molecule has 0 aliphatic rings. The van der Waals surface area contributed by atoms with E-state index in [2.05, 4.69) is 16.0 Å². The fraction of sp³-hybridized carbons (Fsp3) is 0.750. The van der Waals surface area contributed by atoms with Crippen molar-refractivity contribution in [3.8, 4) is 0 Å². The van der Waals surface area contributed by atoms with Crippen LogP contribution in [0.5, 0.6) is 0 Å². The Balaban J connectivity index is 4.02. The number of aliphatic hydroxyl groups excluding tert-OH is 1. The smallest absolute Gasteiger partial charge is 0.332 e. The minimum Gasteiger partial charge on any atom is -0.479 e. The first-order valence-corrected chi connectivity index (χ1v) is 6.30. The lowest BCUT2D eigenvalue weighted by molar-refractivity contribution is -0.146. The molecule has 0 saturated carbocycles. The van der Waals surface area contributed by atoms with Crippen LogP contribution in [-0.2, 0) is 9.59 Å². The number of aliphatic carboxylic acids is 1. The lowest BCUT2D eigenvalue weighted by Crippen LogP contribution is -2.52. The van der Waals surface area contributed by atoms with E-state index >= 15 is 0 Å². The molecule has 8 nitrogen and oxygen atoms in total. The molecule has 0 aromatic carbocycles. The van der Waals surface area contributed by atoms with Crippen molar-refractivity contribution in [2.24, 2.45) is 0 Å². The van der Waals surface area contributed by atoms with Crippen LogP contribution in [0.1, 0.15) is 34.1 Å². The van der Waals surface area contributed by atoms with E-state index in [0.717, 1.165) is 0 Å². The number of urea groups is 1. The average Bonchev–Trinajstić information content (AvgIpc) is 2.26. The number of rotatable bonds is 6. The largest absolute Gasteiger partial charge is 0.479 e. The highest BCUT2D eigenvalue weighted by Gasteiger charge is 2.20. The van der Waals surface area contributed by atoms with Crippen LogP contribution in [-0.4, -0.2) is 52.4 Å². The van der Waals surface area contributed by atoms with Crippen molar-refractivity contribution in [1.29, 1.82) is 0 Å². The second-order valence-electron chi connectivity index (χ2n) is 5.50. The van der Waals surface area contributed by atoms with Crippen LogP contribution in [0.4, 0.5) is 4.79 Å². The first-order valence-electron chi connectivity index (χ1n) is 6.30. The van der Waals surface area contributed by atoms with E-state index in [1.807, 2.05) is 20.8 Å². The second kappa shape index (κ2) is 7.68. The van der Waals surface area contributed by atoms with Gasteiger partial charge in [0, 0.05) is 18.5 Å². The van der Waals surface area contributed by atoms with Crippen molar-refractivity contribution in [2.45, 2.75) is 51.8 Å². The molecule has 0 aliphatic heterocycles. The molecule has 0 heterocycles. The standard InChI is InChI=1S/C12H23N3O5/c1-7(9(17)15-12(2,3)4)14-11(20)13-6-5-8(16)10(18)19/h7-8,16H,5-6H2,1-4H3,(H,15,17)(H,18,19)(H2,13,14,20)/t7?,8-/m0/s1. The maximum Gasteiger partial charge on any atom is 0.332 e. The van der Waals surface area contributed by atoms with Gasteiger partial charge in [-0.3, -0.25) is 4.79 Å². The van der Waals surface area contributed by atoms with Gasteiger partial charge in [0.15, 0.2) is 6.10 Å². The summed E-state index contributed by atoms with van der Waals surface area (Å²) in [4.78, 5) is 33.5. The fourth-order valence-corrected chi connectivity index (χ4v) is 1.24. The molecule has 0 radical (unpaired) electrons. The zero-order valence-electron chi connectivity index (χ0n) is 12.2. The summed E-state index contributed by atoms with van der Waals surface area (Å²) in [5.74, 6) is -1.66. The van der Waals surface area contributed by atoms with Gasteiger partial charge in [-0.1, -0.05) is 0 Å². The van der Waals surface area contributed by atoms with E-state index in [1.54, 1.807) is 0 Å². The van der Waals surface area contributed by atoms with Gasteiger partial charge in [-0.15, -0.1) is 0 Å². The Labute approximate surface area is 117 Å². The first kappa shape index (κ1) is 18.2. The molecular formula is C12H23N3O5. The SMILES string of the molecule is CC(NC(=O)NCC[C@H](O)C(=O)O)C(=O)NC(C)(C)C. The van der Waals surface area contributed by atoms with Crippen LogP contribution in [0.25, 0.3) is 0 Å². The molecule has 0 aromatic rings. The number of carbonyl (C=O) groups is 3. The van der Waals surface area contributed by atoms with Crippen LogP contribution in [0.3, 0.4) is 0 Å². The minimum atomic E-state index is -1.52. The van der Waals surface area contributed by atoms with E-state index in [1.165, 1.54) is 6.92 Å². The zero-order chi connectivity index (χ0) is 15.9. The highest BCUT2D eigenvalue weighted by Crippen LogP contribution is 1.99. The molecule has 0 aromatic heterocycles. The number of aliphatic hydroxyl groups is 1. The van der Waals surface area contributed by atoms with Crippen LogP contribution in [0.2, 0.25) is 0 Å². The average molecular weight is 289 g/mol. The number of hydrogen-bond donors (Lipinski definition) is 5. The lowest BCUT2D eigenvalue weighted by Gasteiger charge is -2.23. The summed E-state index contributed by atoms with van der Waals surface area (Å²) in [6.07, 6.45) is -1.62. The third-order valence-corrected chi connectivity index (χ3v) is 2.23. The maximum absolute atomic E-state index is 11.7. The summed E-state index contributed by atoms with van der Waals surface area (Å²) in [6.45, 7) is 7.00. The van der Waals surface area contributed by atoms with E-state index in [4.69, 9.17) is 10.2 Å². The second-order valence-corrected chi connectivity index (χ2v) is 5.50. The van der Waals surface area contributed by atoms with E-state index in [9.17, 15) is 14.4 Å². The van der Waals surface area contributed by atoms with Gasteiger partial charge in [-0.25, -0.2) is 9.59 Å². The summed E-state index contributed by atoms with van der Waals surface area (Å²) >= 11 is 0. The van der Waals surface area contributed by atoms with E-state index in [-0.39, 0.29) is 18.9 Å². The van der Waals surface area contributed by atoms with Gasteiger partial charge in [-0.05, 0) is 27.7 Å². The molecule has 5 N–H and O–H groups in total. The van der Waals surface area contributed by atoms with Crippen LogP contribution in [0.15, 0.2) is 0 Å². The van der Waals surface area contributed by atoms with Gasteiger partial charge >= 0.3 is 12.0 Å². The molecular weight excluding hydrogens is 266 g/mol. The number of carboxylic acid groups (broad SMARTS) is 1. The molecule has 0 bridgehead atoms. The summed E-state index contributed by atoms with van der Waals surface area (Å²) in [6, 6.07) is -1.32. The Bertz CT molecular complexity index is 365. The van der Waals surface area contributed by atoms with Crippen LogP contribution >= 0.6 is 0 Å². The predicted octanol–water partition coefficient (Wildman–Crippen LogP) is -0.576. The molecule has 116 valence electrons. The summed E-state index contributed by atoms with van der Waals surface area (Å²) in [7, 11) is 0. The third kappa shape index (κ3) is 8.30. The van der Waals surface area contributed by atoms with E-state index in [0.29, 0.717) is 0 Å². The van der Waals surface area contributed by atoms with E-state index < -0.39 is 29.7 Å². The molecule has 1 unspecified atom stereocenters. The van der Waals surface area contributed by atoms with Crippen molar-refractivity contribution in [3.63, 3.8) is 0 Å². The predicted molar refractivity (Wildman–Crippen MR) is 72.2 cm³/mol. The van der Waals surface area contributed by atoms with Gasteiger partial charge in [0.1, 0.15) is 6.04 Å². The van der Waals surface area contributed by atoms with Crippen LogP contribution < -0.4 is 16.0 Å². The fourth-order valence-electron chi connectivity index (χ4n) is 1.24. The Morgan fingerprint density at radius 2 is 1.75 bits per heavy atom. The van der Waals surface area contributed by atoms with Crippen LogP contribution in [0, 0.1) is 0 Å². The number of nitrogens with one attached hydrogen (secondary N) is 3. The molecule has 2 atom stereocenters. The number of carbonyl (C=O) groups excluding carboxylic acids is 2. The number of amides is 3. The quantitative estimate of drug-likeness (QED) is 0.447. The van der Waals surface area contributed by atoms with Crippen molar-refractivity contribution in [2.75, 3.05) is 6.54 Å². The van der Waals surface area contributed by atoms with Crippen molar-refractivity contribution < 1.29 is 24.6 Å². The van der Waals surface area contributed by atoms with Gasteiger partial charge < -0.3 is 26.2 Å². The minimum absolute atomic E-state index is 0.00703. The zero-order valence-corrected chi connectivity index (χ0v) is 12.2. The molecule has 0 spiro atoms. The van der Waals surface area contributed by atoms with Crippen molar-refractivity contribution in [3.05, 3.63) is 0 Å². The Morgan fingerprint density at radius 1 is 1.20 bits per heavy atom. The van der Waals surface area contributed by atoms with Gasteiger partial charge in [0.25, 0.3) is 0 Å². The molecule has 20 heavy (non-hydrogen) atoms. The Morgan fingerprint density at radius 3 is 2.20 bits per heavy atom. The monoisotopic (exact) mass is 289 g/mol. The molecule has 8 heteroatoms. The molecule has 0 aliphatic carbocycles. The molecule has 0 saturated heterocycles. The third-order valence-electron chi connectivity index (χ3n) is 2.23. The summed E-state index contributed by atoms with van der Waals surface area (Å²) < 4.78 is 0. The number of carboxylic acids is 1. The lowest BCUT2D eigenvalue weighted by atomic mass is 10.1. The highest BCUT2D eigenvalue weighted by molar-refractivity contribution is 5.87. The van der Waals surface area contributed by atoms with Gasteiger partial charge in [-0.2, -0.15) is 0 Å². The molecule has 3 amide bonds. The van der Waals surface area contributed by atoms with Crippen molar-refractivity contribution in [1.82, 2.24) is 16.0 Å².